The Balaban J connectivity index is 1.41. The summed E-state index contributed by atoms with van der Waals surface area (Å²) in [7, 11) is 2.54. The van der Waals surface area contributed by atoms with Gasteiger partial charge in [0.05, 0.1) is 36.1 Å². The molecule has 242 valence electrons. The van der Waals surface area contributed by atoms with Crippen molar-refractivity contribution < 1.29 is 14.6 Å². The fourth-order valence-corrected chi connectivity index (χ4v) is 7.29. The van der Waals surface area contributed by atoms with Crippen molar-refractivity contribution in [3.8, 4) is 11.3 Å². The number of piperidine rings is 1. The van der Waals surface area contributed by atoms with Crippen molar-refractivity contribution in [3.05, 3.63) is 29.0 Å². The summed E-state index contributed by atoms with van der Waals surface area (Å²) < 4.78 is 13.8. The van der Waals surface area contributed by atoms with Gasteiger partial charge in [-0.1, -0.05) is 31.2 Å². The van der Waals surface area contributed by atoms with E-state index >= 15 is 0 Å². The van der Waals surface area contributed by atoms with E-state index in [1.165, 1.54) is 0 Å². The van der Waals surface area contributed by atoms with Gasteiger partial charge >= 0.3 is 0 Å². The fraction of sp³-hybridized carbons (Fsp3) is 0.581. The molecular formula is C31H44ClN9O3Si. The number of aliphatic hydroxyl groups excluding tert-OH is 1. The van der Waals surface area contributed by atoms with Crippen LogP contribution in [0.3, 0.4) is 0 Å². The number of benzene rings is 1. The molecule has 0 radical (unpaired) electrons. The molecule has 0 unspecified atom stereocenters. The number of hydrogen-bond acceptors (Lipinski definition) is 11. The van der Waals surface area contributed by atoms with Gasteiger partial charge in [-0.15, -0.1) is 0 Å². The third-order valence-corrected chi connectivity index (χ3v) is 11.3. The lowest BCUT2D eigenvalue weighted by atomic mass is 9.73. The third-order valence-electron chi connectivity index (χ3n) is 9.24. The number of rotatable bonds is 9. The van der Waals surface area contributed by atoms with E-state index in [-0.39, 0.29) is 30.9 Å². The van der Waals surface area contributed by atoms with Crippen molar-refractivity contribution in [1.82, 2.24) is 29.7 Å². The molecule has 0 saturated carbocycles. The van der Waals surface area contributed by atoms with Crippen LogP contribution in [-0.4, -0.2) is 95.4 Å². The first-order valence-corrected chi connectivity index (χ1v) is 19.7. The zero-order chi connectivity index (χ0) is 32.1. The Hall–Kier alpha value is -2.94. The first-order chi connectivity index (χ1) is 21.4. The van der Waals surface area contributed by atoms with Crippen LogP contribution in [0.25, 0.3) is 33.5 Å². The summed E-state index contributed by atoms with van der Waals surface area (Å²) in [4.78, 5) is 23.5. The molecule has 45 heavy (non-hydrogen) atoms. The Kier molecular flexibility index (Phi) is 8.78. The topological polar surface area (TPSA) is 141 Å². The average molecular weight is 654 g/mol. The molecule has 0 bridgehead atoms. The standard InChI is InChI=1S/C31H44ClN9O3Si/c1-19-28(33)31(17-44-19)9-11-40(12-10-31)29-22(16-42)35-27-25(38-41(30(27)37-29)18-43-13-14-45(4,5)6)20-7-8-21-26(24(20)32)36-23(15-34-21)39(2)3/h7-8,15,19,28,42H,9-14,16-18,33H2,1-6H3/t19-,28+/m0/s1. The van der Waals surface area contributed by atoms with E-state index in [9.17, 15) is 5.11 Å². The highest BCUT2D eigenvalue weighted by Gasteiger charge is 2.48. The molecular weight excluding hydrogens is 610 g/mol. The summed E-state index contributed by atoms with van der Waals surface area (Å²) in [5.74, 6) is 1.35. The van der Waals surface area contributed by atoms with E-state index in [4.69, 9.17) is 46.9 Å². The average Bonchev–Trinajstić information content (AvgIpc) is 3.50. The van der Waals surface area contributed by atoms with E-state index in [1.54, 1.807) is 10.9 Å². The quantitative estimate of drug-likeness (QED) is 0.197. The molecule has 0 amide bonds. The maximum atomic E-state index is 10.5. The zero-order valence-electron chi connectivity index (χ0n) is 27.0. The van der Waals surface area contributed by atoms with Crippen LogP contribution in [0, 0.1) is 5.41 Å². The van der Waals surface area contributed by atoms with Gasteiger partial charge in [-0.3, -0.25) is 4.98 Å². The van der Waals surface area contributed by atoms with Gasteiger partial charge in [0.15, 0.2) is 11.5 Å². The second kappa shape index (κ2) is 12.3. The molecule has 3 aromatic heterocycles. The van der Waals surface area contributed by atoms with E-state index in [2.05, 4.69) is 36.4 Å². The van der Waals surface area contributed by atoms with Gasteiger partial charge in [-0.25, -0.2) is 19.6 Å². The summed E-state index contributed by atoms with van der Waals surface area (Å²) in [6, 6.07) is 4.81. The number of hydrogen-bond donors (Lipinski definition) is 2. The molecule has 2 fully saturated rings. The van der Waals surface area contributed by atoms with Gasteiger partial charge in [-0.2, -0.15) is 5.10 Å². The largest absolute Gasteiger partial charge is 0.390 e. The highest BCUT2D eigenvalue weighted by atomic mass is 35.5. The first kappa shape index (κ1) is 32.0. The molecule has 2 aliphatic rings. The Morgan fingerprint density at radius 1 is 1.16 bits per heavy atom. The molecule has 0 aliphatic carbocycles. The predicted molar refractivity (Wildman–Crippen MR) is 180 cm³/mol. The molecule has 1 aromatic carbocycles. The minimum atomic E-state index is -1.28. The van der Waals surface area contributed by atoms with Gasteiger partial charge < -0.3 is 30.1 Å². The van der Waals surface area contributed by atoms with E-state index in [1.807, 2.05) is 31.1 Å². The molecule has 5 heterocycles. The lowest BCUT2D eigenvalue weighted by molar-refractivity contribution is 0.0814. The maximum Gasteiger partial charge on any atom is 0.181 e. The molecule has 1 spiro atoms. The van der Waals surface area contributed by atoms with E-state index < -0.39 is 8.07 Å². The Morgan fingerprint density at radius 3 is 2.56 bits per heavy atom. The van der Waals surface area contributed by atoms with Crippen molar-refractivity contribution in [2.75, 3.05) is 50.2 Å². The van der Waals surface area contributed by atoms with Gasteiger partial charge in [0.1, 0.15) is 35.0 Å². The molecule has 3 N–H and O–H groups in total. The van der Waals surface area contributed by atoms with E-state index in [0.717, 1.165) is 32.0 Å². The molecule has 14 heteroatoms. The van der Waals surface area contributed by atoms with Crippen LogP contribution in [0.5, 0.6) is 0 Å². The van der Waals surface area contributed by atoms with Crippen LogP contribution in [0.1, 0.15) is 25.5 Å². The normalized spacial score (nSPS) is 20.2. The molecule has 2 saturated heterocycles. The highest BCUT2D eigenvalue weighted by molar-refractivity contribution is 6.76. The predicted octanol–water partition coefficient (Wildman–Crippen LogP) is 4.29. The van der Waals surface area contributed by atoms with Crippen molar-refractivity contribution in [2.45, 2.75) is 70.9 Å². The van der Waals surface area contributed by atoms with Crippen molar-refractivity contribution in [3.63, 3.8) is 0 Å². The van der Waals surface area contributed by atoms with Crippen LogP contribution in [0.4, 0.5) is 11.6 Å². The number of aromatic nitrogens is 6. The van der Waals surface area contributed by atoms with Gasteiger partial charge in [0.2, 0.25) is 0 Å². The second-order valence-corrected chi connectivity index (χ2v) is 19.8. The second-order valence-electron chi connectivity index (χ2n) is 13.8. The third kappa shape index (κ3) is 6.13. The zero-order valence-corrected chi connectivity index (χ0v) is 28.8. The smallest absolute Gasteiger partial charge is 0.181 e. The highest BCUT2D eigenvalue weighted by Crippen LogP contribution is 2.43. The van der Waals surface area contributed by atoms with Gasteiger partial charge in [-0.05, 0) is 37.9 Å². The Labute approximate surface area is 269 Å². The van der Waals surface area contributed by atoms with Crippen molar-refractivity contribution >= 4 is 53.5 Å². The molecule has 12 nitrogen and oxygen atoms in total. The molecule has 4 aromatic rings. The summed E-state index contributed by atoms with van der Waals surface area (Å²) in [6.45, 7) is 11.8. The number of fused-ring (bicyclic) bond motifs is 2. The number of anilines is 2. The first-order valence-electron chi connectivity index (χ1n) is 15.6. The summed E-state index contributed by atoms with van der Waals surface area (Å²) in [6.07, 6.45) is 3.54. The van der Waals surface area contributed by atoms with Crippen LogP contribution < -0.4 is 15.5 Å². The van der Waals surface area contributed by atoms with Gasteiger partial charge in [0, 0.05) is 58.9 Å². The van der Waals surface area contributed by atoms with Crippen LogP contribution in [0.15, 0.2) is 18.3 Å². The van der Waals surface area contributed by atoms with Crippen LogP contribution in [0.2, 0.25) is 30.7 Å². The summed E-state index contributed by atoms with van der Waals surface area (Å²) in [5, 5.41) is 15.9. The fourth-order valence-electron chi connectivity index (χ4n) is 6.24. The SMILES string of the molecule is C[C@@H]1OCC2(CCN(c3nc4c(nc3CO)c(-c3ccc5ncc(N(C)C)nc5c3Cl)nn4COCC[Si](C)(C)C)CC2)[C@@H]1N. The number of halogens is 1. The minimum absolute atomic E-state index is 0.00743. The van der Waals surface area contributed by atoms with Crippen LogP contribution >= 0.6 is 11.6 Å². The maximum absolute atomic E-state index is 10.5. The number of aliphatic hydroxyl groups is 1. The Morgan fingerprint density at radius 2 is 1.91 bits per heavy atom. The molecule has 2 atom stereocenters. The van der Waals surface area contributed by atoms with Crippen LogP contribution in [-0.2, 0) is 22.8 Å². The monoisotopic (exact) mass is 653 g/mol. The van der Waals surface area contributed by atoms with Crippen molar-refractivity contribution in [1.29, 1.82) is 0 Å². The lowest BCUT2D eigenvalue weighted by Crippen LogP contribution is -2.51. The van der Waals surface area contributed by atoms with Crippen molar-refractivity contribution in [2.24, 2.45) is 11.1 Å². The summed E-state index contributed by atoms with van der Waals surface area (Å²) >= 11 is 7.02. The Bertz CT molecular complexity index is 1700. The summed E-state index contributed by atoms with van der Waals surface area (Å²) in [5.41, 5.74) is 10.6. The number of nitrogens with zero attached hydrogens (tertiary/aromatic N) is 8. The molecule has 2 aliphatic heterocycles. The van der Waals surface area contributed by atoms with E-state index in [0.29, 0.717) is 69.0 Å². The number of nitrogens with two attached hydrogens (primary N) is 1. The lowest BCUT2D eigenvalue weighted by Gasteiger charge is -2.41. The molecule has 6 rings (SSSR count). The van der Waals surface area contributed by atoms with Gasteiger partial charge in [0.25, 0.3) is 0 Å². The minimum Gasteiger partial charge on any atom is -0.390 e. The number of ether oxygens (including phenoxy) is 2.